The highest BCUT2D eigenvalue weighted by Crippen LogP contribution is 2.30. The van der Waals surface area contributed by atoms with Crippen molar-refractivity contribution >= 4 is 17.4 Å². The van der Waals surface area contributed by atoms with E-state index in [1.54, 1.807) is 4.68 Å². The van der Waals surface area contributed by atoms with Gasteiger partial charge in [0.1, 0.15) is 5.60 Å². The van der Waals surface area contributed by atoms with E-state index in [4.69, 9.17) is 21.1 Å². The van der Waals surface area contributed by atoms with Crippen molar-refractivity contribution < 1.29 is 14.3 Å². The Hall–Kier alpha value is -0.910. The molecule has 0 bridgehead atoms. The van der Waals surface area contributed by atoms with Gasteiger partial charge in [0.25, 0.3) is 0 Å². The number of Topliss-reactive ketones (excluding diaryl/α,β-unsaturated/α-hetero) is 1. The van der Waals surface area contributed by atoms with E-state index in [1.807, 2.05) is 20.8 Å². The standard InChI is InChI=1S/C15H23ClN2O3/c1-4-18-12(14(16)11(3)17-18)10-13(19)15(21-5-2)6-8-20-9-7-15/h4-10H2,1-3H3. The number of ether oxygens (including phenoxy) is 2. The summed E-state index contributed by atoms with van der Waals surface area (Å²) >= 11 is 6.30. The van der Waals surface area contributed by atoms with Crippen LogP contribution in [0.25, 0.3) is 0 Å². The fraction of sp³-hybridized carbons (Fsp3) is 0.733. The Bertz CT molecular complexity index is 502. The van der Waals surface area contributed by atoms with Gasteiger partial charge in [-0.1, -0.05) is 11.6 Å². The summed E-state index contributed by atoms with van der Waals surface area (Å²) in [6.07, 6.45) is 1.47. The van der Waals surface area contributed by atoms with Crippen molar-refractivity contribution in [3.05, 3.63) is 16.4 Å². The molecule has 1 aromatic heterocycles. The molecule has 0 atom stereocenters. The minimum Gasteiger partial charge on any atom is -0.381 e. The first kappa shape index (κ1) is 16.5. The molecular formula is C15H23ClN2O3. The minimum absolute atomic E-state index is 0.0733. The molecule has 6 heteroatoms. The Morgan fingerprint density at radius 3 is 2.67 bits per heavy atom. The Morgan fingerprint density at radius 1 is 1.43 bits per heavy atom. The van der Waals surface area contributed by atoms with Crippen LogP contribution in [-0.4, -0.2) is 41.0 Å². The SMILES string of the molecule is CCOC1(C(=O)Cc2c(Cl)c(C)nn2CC)CCOCC1. The van der Waals surface area contributed by atoms with E-state index in [9.17, 15) is 4.79 Å². The van der Waals surface area contributed by atoms with Gasteiger partial charge in [-0.25, -0.2) is 0 Å². The Labute approximate surface area is 130 Å². The van der Waals surface area contributed by atoms with Gasteiger partial charge in [0.05, 0.1) is 22.8 Å². The Morgan fingerprint density at radius 2 is 2.10 bits per heavy atom. The van der Waals surface area contributed by atoms with Crippen molar-refractivity contribution in [2.45, 2.75) is 52.2 Å². The molecule has 1 fully saturated rings. The Kier molecular flexibility index (Phi) is 5.41. The first-order valence-electron chi connectivity index (χ1n) is 7.51. The molecule has 1 aromatic rings. The molecule has 0 unspecified atom stereocenters. The normalized spacial score (nSPS) is 17.9. The molecule has 1 aliphatic heterocycles. The number of rotatable bonds is 6. The molecular weight excluding hydrogens is 292 g/mol. The summed E-state index contributed by atoms with van der Waals surface area (Å²) < 4.78 is 13.0. The third kappa shape index (κ3) is 3.30. The molecule has 118 valence electrons. The van der Waals surface area contributed by atoms with Gasteiger partial charge in [0.2, 0.25) is 0 Å². The predicted octanol–water partition coefficient (Wildman–Crippen LogP) is 2.56. The van der Waals surface area contributed by atoms with Crippen molar-refractivity contribution in [3.63, 3.8) is 0 Å². The van der Waals surface area contributed by atoms with Gasteiger partial charge in [-0.3, -0.25) is 9.48 Å². The van der Waals surface area contributed by atoms with E-state index < -0.39 is 5.60 Å². The van der Waals surface area contributed by atoms with Crippen LogP contribution < -0.4 is 0 Å². The van der Waals surface area contributed by atoms with E-state index >= 15 is 0 Å². The van der Waals surface area contributed by atoms with Gasteiger partial charge < -0.3 is 9.47 Å². The van der Waals surface area contributed by atoms with Crippen LogP contribution in [-0.2, 0) is 27.2 Å². The molecule has 1 saturated heterocycles. The van der Waals surface area contributed by atoms with Crippen molar-refractivity contribution in [2.75, 3.05) is 19.8 Å². The lowest BCUT2D eigenvalue weighted by atomic mass is 9.87. The van der Waals surface area contributed by atoms with Crippen LogP contribution in [0, 0.1) is 6.92 Å². The second-order valence-corrected chi connectivity index (χ2v) is 5.68. The van der Waals surface area contributed by atoms with Gasteiger partial charge in [-0.05, 0) is 20.8 Å². The Balaban J connectivity index is 2.23. The molecule has 0 radical (unpaired) electrons. The number of ketones is 1. The first-order chi connectivity index (χ1) is 10.0. The van der Waals surface area contributed by atoms with Gasteiger partial charge in [0.15, 0.2) is 5.78 Å². The summed E-state index contributed by atoms with van der Waals surface area (Å²) in [7, 11) is 0. The predicted molar refractivity (Wildman–Crippen MR) is 80.8 cm³/mol. The lowest BCUT2D eigenvalue weighted by Gasteiger charge is -2.35. The number of carbonyl (C=O) groups is 1. The first-order valence-corrected chi connectivity index (χ1v) is 7.88. The zero-order chi connectivity index (χ0) is 15.5. The molecule has 1 aliphatic rings. The number of aryl methyl sites for hydroxylation is 2. The van der Waals surface area contributed by atoms with Crippen molar-refractivity contribution in [1.82, 2.24) is 9.78 Å². The van der Waals surface area contributed by atoms with Crippen LogP contribution in [0.5, 0.6) is 0 Å². The summed E-state index contributed by atoms with van der Waals surface area (Å²) in [6, 6.07) is 0. The average Bonchev–Trinajstić information content (AvgIpc) is 2.76. The van der Waals surface area contributed by atoms with E-state index in [-0.39, 0.29) is 12.2 Å². The quantitative estimate of drug-likeness (QED) is 0.810. The zero-order valence-corrected chi connectivity index (χ0v) is 13.7. The van der Waals surface area contributed by atoms with E-state index in [1.165, 1.54) is 0 Å². The summed E-state index contributed by atoms with van der Waals surface area (Å²) in [4.78, 5) is 12.8. The smallest absolute Gasteiger partial charge is 0.170 e. The molecule has 2 heterocycles. The monoisotopic (exact) mass is 314 g/mol. The highest BCUT2D eigenvalue weighted by Gasteiger charge is 2.41. The largest absolute Gasteiger partial charge is 0.381 e. The third-order valence-electron chi connectivity index (χ3n) is 4.01. The number of aromatic nitrogens is 2. The lowest BCUT2D eigenvalue weighted by molar-refractivity contribution is -0.156. The van der Waals surface area contributed by atoms with E-state index in [0.29, 0.717) is 44.2 Å². The summed E-state index contributed by atoms with van der Waals surface area (Å²) in [6.45, 7) is 8.10. The number of carbonyl (C=O) groups excluding carboxylic acids is 1. The average molecular weight is 315 g/mol. The maximum atomic E-state index is 12.8. The number of nitrogens with zero attached hydrogens (tertiary/aromatic N) is 2. The highest BCUT2D eigenvalue weighted by molar-refractivity contribution is 6.32. The van der Waals surface area contributed by atoms with Gasteiger partial charge >= 0.3 is 0 Å². The van der Waals surface area contributed by atoms with E-state index in [0.717, 1.165) is 11.4 Å². The topological polar surface area (TPSA) is 53.3 Å². The number of halogens is 1. The maximum absolute atomic E-state index is 12.8. The summed E-state index contributed by atoms with van der Waals surface area (Å²) in [5, 5.41) is 4.95. The van der Waals surface area contributed by atoms with Crippen LogP contribution in [0.15, 0.2) is 0 Å². The second-order valence-electron chi connectivity index (χ2n) is 5.30. The van der Waals surface area contributed by atoms with Gasteiger partial charge in [-0.2, -0.15) is 5.10 Å². The third-order valence-corrected chi connectivity index (χ3v) is 4.50. The molecule has 21 heavy (non-hydrogen) atoms. The molecule has 0 amide bonds. The highest BCUT2D eigenvalue weighted by atomic mass is 35.5. The van der Waals surface area contributed by atoms with Crippen molar-refractivity contribution in [2.24, 2.45) is 0 Å². The summed E-state index contributed by atoms with van der Waals surface area (Å²) in [5.74, 6) is 0.0733. The number of hydrogen-bond acceptors (Lipinski definition) is 4. The molecule has 0 aromatic carbocycles. The lowest BCUT2D eigenvalue weighted by Crippen LogP contribution is -2.47. The zero-order valence-electron chi connectivity index (χ0n) is 12.9. The van der Waals surface area contributed by atoms with E-state index in [2.05, 4.69) is 5.10 Å². The van der Waals surface area contributed by atoms with Gasteiger partial charge in [0, 0.05) is 39.2 Å². The molecule has 0 N–H and O–H groups in total. The fourth-order valence-electron chi connectivity index (χ4n) is 2.83. The molecule has 2 rings (SSSR count). The fourth-order valence-corrected chi connectivity index (χ4v) is 3.03. The van der Waals surface area contributed by atoms with Crippen LogP contribution in [0.2, 0.25) is 5.02 Å². The molecule has 0 spiro atoms. The van der Waals surface area contributed by atoms with Crippen LogP contribution in [0.3, 0.4) is 0 Å². The van der Waals surface area contributed by atoms with Gasteiger partial charge in [-0.15, -0.1) is 0 Å². The van der Waals surface area contributed by atoms with Crippen LogP contribution >= 0.6 is 11.6 Å². The number of hydrogen-bond donors (Lipinski definition) is 0. The maximum Gasteiger partial charge on any atom is 0.170 e. The second kappa shape index (κ2) is 6.90. The molecule has 5 nitrogen and oxygen atoms in total. The minimum atomic E-state index is -0.729. The molecule has 0 saturated carbocycles. The van der Waals surface area contributed by atoms with Crippen molar-refractivity contribution in [3.8, 4) is 0 Å². The molecule has 0 aliphatic carbocycles. The van der Waals surface area contributed by atoms with Crippen LogP contribution in [0.1, 0.15) is 38.1 Å². The van der Waals surface area contributed by atoms with Crippen LogP contribution in [0.4, 0.5) is 0 Å². The van der Waals surface area contributed by atoms with Crippen molar-refractivity contribution in [1.29, 1.82) is 0 Å². The summed E-state index contributed by atoms with van der Waals surface area (Å²) in [5.41, 5.74) is 0.818.